The van der Waals surface area contributed by atoms with Crippen molar-refractivity contribution in [3.8, 4) is 0 Å². The van der Waals surface area contributed by atoms with E-state index in [9.17, 15) is 13.2 Å². The summed E-state index contributed by atoms with van der Waals surface area (Å²) < 4.78 is 24.5. The molecule has 0 saturated carbocycles. The molecule has 1 heterocycles. The molecular formula is C12H17ClN4O3S. The van der Waals surface area contributed by atoms with Crippen molar-refractivity contribution >= 4 is 27.5 Å². The second kappa shape index (κ2) is 7.37. The number of amides is 1. The van der Waals surface area contributed by atoms with E-state index >= 15 is 0 Å². The molecule has 0 aliphatic rings. The van der Waals surface area contributed by atoms with Crippen LogP contribution in [0, 0.1) is 0 Å². The maximum absolute atomic E-state index is 12.2. The third kappa shape index (κ3) is 4.68. The van der Waals surface area contributed by atoms with Crippen LogP contribution in [0.5, 0.6) is 0 Å². The summed E-state index contributed by atoms with van der Waals surface area (Å²) in [6.45, 7) is 9.12. The van der Waals surface area contributed by atoms with Gasteiger partial charge in [0.2, 0.25) is 9.84 Å². The number of aromatic nitrogens is 3. The molecule has 0 aliphatic carbocycles. The molecule has 0 bridgehead atoms. The summed E-state index contributed by atoms with van der Waals surface area (Å²) >= 11 is 5.70. The van der Waals surface area contributed by atoms with Crippen LogP contribution in [0.2, 0.25) is 0 Å². The summed E-state index contributed by atoms with van der Waals surface area (Å²) in [7, 11) is -3.56. The molecule has 9 heteroatoms. The van der Waals surface area contributed by atoms with Crippen LogP contribution >= 0.6 is 11.6 Å². The van der Waals surface area contributed by atoms with Crippen molar-refractivity contribution in [3.63, 3.8) is 0 Å². The summed E-state index contributed by atoms with van der Waals surface area (Å²) in [4.78, 5) is 17.2. The highest BCUT2D eigenvalue weighted by atomic mass is 35.5. The smallest absolute Gasteiger partial charge is 0.314 e. The van der Waals surface area contributed by atoms with Crippen molar-refractivity contribution in [2.75, 3.05) is 18.8 Å². The number of hydrogen-bond donors (Lipinski definition) is 0. The summed E-state index contributed by atoms with van der Waals surface area (Å²) in [6, 6.07) is -0.554. The van der Waals surface area contributed by atoms with Crippen LogP contribution in [0.25, 0.3) is 0 Å². The molecule has 116 valence electrons. The maximum atomic E-state index is 12.2. The number of nitrogens with zero attached hydrogens (tertiary/aromatic N) is 4. The molecule has 1 rings (SSSR count). The average Bonchev–Trinajstić information content (AvgIpc) is 2.87. The first-order valence-corrected chi connectivity index (χ1v) is 8.22. The fourth-order valence-corrected chi connectivity index (χ4v) is 2.85. The van der Waals surface area contributed by atoms with Gasteiger partial charge < -0.3 is 4.90 Å². The Bertz CT molecular complexity index is 639. The molecule has 0 N–H and O–H groups in total. The highest BCUT2D eigenvalue weighted by molar-refractivity contribution is 7.91. The van der Waals surface area contributed by atoms with Crippen LogP contribution in [0.1, 0.15) is 13.3 Å². The second-order valence-corrected chi connectivity index (χ2v) is 6.80. The van der Waals surface area contributed by atoms with Crippen molar-refractivity contribution < 1.29 is 13.2 Å². The molecule has 0 fully saturated rings. The minimum Gasteiger partial charge on any atom is -0.314 e. The first-order valence-electron chi connectivity index (χ1n) is 6.19. The molecule has 0 radical (unpaired) electrons. The lowest BCUT2D eigenvalue weighted by molar-refractivity contribution is 0.206. The van der Waals surface area contributed by atoms with E-state index < -0.39 is 15.9 Å². The van der Waals surface area contributed by atoms with Gasteiger partial charge in [0.15, 0.2) is 0 Å². The standard InChI is InChI=1S/C12H17ClN4O3S/c1-4-6-16(8-10(3)13)12(18)17-9-14-11(15-17)21(19,20)7-5-2/h4,9H,1,3,5-8H2,2H3. The van der Waals surface area contributed by atoms with Gasteiger partial charge in [0.25, 0.3) is 5.16 Å². The summed E-state index contributed by atoms with van der Waals surface area (Å²) in [5, 5.41) is 3.64. The van der Waals surface area contributed by atoms with Gasteiger partial charge in [0, 0.05) is 11.6 Å². The van der Waals surface area contributed by atoms with Crippen LogP contribution in [-0.4, -0.2) is 53.0 Å². The monoisotopic (exact) mass is 332 g/mol. The maximum Gasteiger partial charge on any atom is 0.346 e. The van der Waals surface area contributed by atoms with Gasteiger partial charge >= 0.3 is 6.03 Å². The Labute approximate surface area is 128 Å². The van der Waals surface area contributed by atoms with E-state index in [4.69, 9.17) is 11.6 Å². The Balaban J connectivity index is 3.00. The molecule has 1 amide bonds. The zero-order valence-electron chi connectivity index (χ0n) is 11.7. The van der Waals surface area contributed by atoms with Gasteiger partial charge in [-0.25, -0.2) is 18.2 Å². The second-order valence-electron chi connectivity index (χ2n) is 4.26. The van der Waals surface area contributed by atoms with Gasteiger partial charge in [-0.05, 0) is 6.42 Å². The summed E-state index contributed by atoms with van der Waals surface area (Å²) in [5.74, 6) is -0.0694. The van der Waals surface area contributed by atoms with Gasteiger partial charge in [-0.15, -0.1) is 11.7 Å². The van der Waals surface area contributed by atoms with E-state index in [0.29, 0.717) is 6.42 Å². The molecule has 0 unspecified atom stereocenters. The Morgan fingerprint density at radius 2 is 2.24 bits per heavy atom. The van der Waals surface area contributed by atoms with E-state index in [1.165, 1.54) is 11.0 Å². The Hall–Kier alpha value is -1.67. The van der Waals surface area contributed by atoms with Crippen molar-refractivity contribution in [2.45, 2.75) is 18.5 Å². The van der Waals surface area contributed by atoms with Crippen LogP contribution in [-0.2, 0) is 9.84 Å². The van der Waals surface area contributed by atoms with Crippen molar-refractivity contribution in [3.05, 3.63) is 30.6 Å². The average molecular weight is 333 g/mol. The number of sulfone groups is 1. The van der Waals surface area contributed by atoms with E-state index in [2.05, 4.69) is 23.2 Å². The lowest BCUT2D eigenvalue weighted by Crippen LogP contribution is -2.36. The summed E-state index contributed by atoms with van der Waals surface area (Å²) in [6.07, 6.45) is 3.03. The normalized spacial score (nSPS) is 11.1. The first kappa shape index (κ1) is 17.4. The van der Waals surface area contributed by atoms with E-state index in [-0.39, 0.29) is 29.0 Å². The molecule has 1 aromatic heterocycles. The van der Waals surface area contributed by atoms with Gasteiger partial charge in [-0.1, -0.05) is 31.2 Å². The Kier molecular flexibility index (Phi) is 6.10. The zero-order valence-corrected chi connectivity index (χ0v) is 13.3. The molecule has 21 heavy (non-hydrogen) atoms. The topological polar surface area (TPSA) is 85.2 Å². The number of carbonyl (C=O) groups is 1. The van der Waals surface area contributed by atoms with E-state index in [1.807, 2.05) is 0 Å². The number of halogens is 1. The van der Waals surface area contributed by atoms with Gasteiger partial charge in [-0.2, -0.15) is 4.68 Å². The minimum absolute atomic E-state index is 0.0694. The molecule has 1 aromatic rings. The summed E-state index contributed by atoms with van der Waals surface area (Å²) in [5.41, 5.74) is 0. The molecule has 0 aromatic carbocycles. The van der Waals surface area contributed by atoms with Crippen LogP contribution < -0.4 is 0 Å². The van der Waals surface area contributed by atoms with Gasteiger partial charge in [-0.3, -0.25) is 0 Å². The third-order valence-electron chi connectivity index (χ3n) is 2.40. The molecular weight excluding hydrogens is 316 g/mol. The van der Waals surface area contributed by atoms with Crippen molar-refractivity contribution in [1.82, 2.24) is 19.7 Å². The predicted molar refractivity (Wildman–Crippen MR) is 79.9 cm³/mol. The molecule has 7 nitrogen and oxygen atoms in total. The zero-order chi connectivity index (χ0) is 16.0. The number of rotatable bonds is 7. The van der Waals surface area contributed by atoms with Crippen LogP contribution in [0.15, 0.2) is 35.7 Å². The Morgan fingerprint density at radius 3 is 2.76 bits per heavy atom. The van der Waals surface area contributed by atoms with Crippen molar-refractivity contribution in [2.24, 2.45) is 0 Å². The lowest BCUT2D eigenvalue weighted by atomic mass is 10.4. The van der Waals surface area contributed by atoms with Gasteiger partial charge in [0.1, 0.15) is 6.33 Å². The van der Waals surface area contributed by atoms with Crippen LogP contribution in [0.4, 0.5) is 4.79 Å². The quantitative estimate of drug-likeness (QED) is 0.709. The third-order valence-corrected chi connectivity index (χ3v) is 4.21. The van der Waals surface area contributed by atoms with E-state index in [0.717, 1.165) is 11.0 Å². The lowest BCUT2D eigenvalue weighted by Gasteiger charge is -2.19. The minimum atomic E-state index is -3.56. The SMILES string of the molecule is C=CCN(CC(=C)Cl)C(=O)n1cnc(S(=O)(=O)CCC)n1. The molecule has 0 saturated heterocycles. The molecule has 0 aliphatic heterocycles. The highest BCUT2D eigenvalue weighted by Gasteiger charge is 2.22. The fraction of sp³-hybridized carbons (Fsp3) is 0.417. The Morgan fingerprint density at radius 1 is 1.57 bits per heavy atom. The molecule has 0 spiro atoms. The number of hydrogen-bond acceptors (Lipinski definition) is 5. The predicted octanol–water partition coefficient (Wildman–Crippen LogP) is 1.67. The van der Waals surface area contributed by atoms with Crippen LogP contribution in [0.3, 0.4) is 0 Å². The molecule has 0 atom stereocenters. The largest absolute Gasteiger partial charge is 0.346 e. The van der Waals surface area contributed by atoms with E-state index in [1.54, 1.807) is 6.92 Å². The first-order chi connectivity index (χ1) is 9.81. The van der Waals surface area contributed by atoms with Gasteiger partial charge in [0.05, 0.1) is 12.3 Å². The fourth-order valence-electron chi connectivity index (χ4n) is 1.56. The highest BCUT2D eigenvalue weighted by Crippen LogP contribution is 2.08. The van der Waals surface area contributed by atoms with Crippen molar-refractivity contribution in [1.29, 1.82) is 0 Å². The number of carbonyl (C=O) groups excluding carboxylic acids is 1.